The predicted molar refractivity (Wildman–Crippen MR) is 141 cm³/mol. The summed E-state index contributed by atoms with van der Waals surface area (Å²) in [4.78, 5) is 0. The number of rotatable bonds is 7. The first-order valence-corrected chi connectivity index (χ1v) is 14.8. The Morgan fingerprint density at radius 3 is 2.31 bits per heavy atom. The second-order valence-corrected chi connectivity index (χ2v) is 14.2. The van der Waals surface area contributed by atoms with Crippen molar-refractivity contribution >= 4 is 0 Å². The number of hydrogen-bond acceptors (Lipinski definition) is 0. The van der Waals surface area contributed by atoms with Crippen molar-refractivity contribution in [1.82, 2.24) is 0 Å². The molecule has 9 atom stereocenters. The summed E-state index contributed by atoms with van der Waals surface area (Å²) < 4.78 is 0. The quantitative estimate of drug-likeness (QED) is 0.345. The molecule has 0 nitrogen and oxygen atoms in total. The van der Waals surface area contributed by atoms with E-state index in [0.717, 1.165) is 53.3 Å². The van der Waals surface area contributed by atoms with Crippen LogP contribution in [-0.2, 0) is 0 Å². The highest BCUT2D eigenvalue weighted by Gasteiger charge is 2.59. The molecule has 4 aliphatic carbocycles. The lowest BCUT2D eigenvalue weighted by atomic mass is 9.46. The Balaban J connectivity index is 1.47. The molecule has 0 aliphatic heterocycles. The van der Waals surface area contributed by atoms with Crippen LogP contribution >= 0.6 is 0 Å². The highest BCUT2D eigenvalue weighted by molar-refractivity contribution is 5.25. The summed E-state index contributed by atoms with van der Waals surface area (Å²) in [5.74, 6) is 8.43. The minimum Gasteiger partial charge on any atom is -0.0845 e. The van der Waals surface area contributed by atoms with Gasteiger partial charge < -0.3 is 0 Å². The minimum absolute atomic E-state index is 0.533. The summed E-state index contributed by atoms with van der Waals surface area (Å²) in [6.07, 6.45) is 18.9. The molecule has 0 aromatic carbocycles. The second-order valence-electron chi connectivity index (χ2n) is 14.2. The molecular formula is C32H56. The van der Waals surface area contributed by atoms with Gasteiger partial charge in [0, 0.05) is 0 Å². The molecule has 8 unspecified atom stereocenters. The van der Waals surface area contributed by atoms with Gasteiger partial charge in [0.2, 0.25) is 0 Å². The standard InChI is InChI=1S/C32H56/c1-9-24(21(2)3)11-10-23(6)28-14-15-29-27-13-12-26-20-25(22(4)5)16-18-31(26,7)30(27)17-19-32(28,29)8/h12,21-25,27-30H,9-11,13-20H2,1-8H3/t23-,24?,25?,27?,28?,29?,30?,31?,32?/m1/s1. The van der Waals surface area contributed by atoms with Crippen molar-refractivity contribution in [2.24, 2.45) is 64.1 Å². The van der Waals surface area contributed by atoms with Gasteiger partial charge in [0.05, 0.1) is 0 Å². The molecule has 0 aromatic heterocycles. The van der Waals surface area contributed by atoms with Crippen LogP contribution in [0.15, 0.2) is 11.6 Å². The lowest BCUT2D eigenvalue weighted by Crippen LogP contribution is -2.50. The third kappa shape index (κ3) is 4.17. The molecule has 4 aliphatic rings. The molecule has 3 saturated carbocycles. The molecule has 4 rings (SSSR count). The Bertz CT molecular complexity index is 670. The molecular weight excluding hydrogens is 384 g/mol. The van der Waals surface area contributed by atoms with Gasteiger partial charge in [0.25, 0.3) is 0 Å². The van der Waals surface area contributed by atoms with Gasteiger partial charge in [0.15, 0.2) is 0 Å². The van der Waals surface area contributed by atoms with Crippen molar-refractivity contribution in [3.05, 3.63) is 11.6 Å². The van der Waals surface area contributed by atoms with E-state index in [0.29, 0.717) is 10.8 Å². The summed E-state index contributed by atoms with van der Waals surface area (Å²) >= 11 is 0. The average molecular weight is 441 g/mol. The van der Waals surface area contributed by atoms with Gasteiger partial charge in [0.1, 0.15) is 0 Å². The van der Waals surface area contributed by atoms with Crippen LogP contribution in [0.2, 0.25) is 0 Å². The minimum atomic E-state index is 0.533. The summed E-state index contributed by atoms with van der Waals surface area (Å²) in [5.41, 5.74) is 3.04. The maximum Gasteiger partial charge on any atom is -0.00851 e. The largest absolute Gasteiger partial charge is 0.0845 e. The lowest BCUT2D eigenvalue weighted by molar-refractivity contribution is -0.0541. The molecule has 0 saturated heterocycles. The van der Waals surface area contributed by atoms with Crippen LogP contribution < -0.4 is 0 Å². The molecule has 184 valence electrons. The normalized spacial score (nSPS) is 43.4. The zero-order valence-corrected chi connectivity index (χ0v) is 23.1. The topological polar surface area (TPSA) is 0 Å². The Hall–Kier alpha value is -0.260. The molecule has 0 spiro atoms. The molecule has 32 heavy (non-hydrogen) atoms. The summed E-state index contributed by atoms with van der Waals surface area (Å²) in [5, 5.41) is 0. The van der Waals surface area contributed by atoms with Gasteiger partial charge in [-0.05, 0) is 122 Å². The van der Waals surface area contributed by atoms with Crippen molar-refractivity contribution < 1.29 is 0 Å². The SMILES string of the molecule is CCC(CC[C@@H](C)C1CCC2C3CC=C4CC(C(C)C)CCC4(C)C3CCC21C)C(C)C. The molecule has 0 N–H and O–H groups in total. The van der Waals surface area contributed by atoms with Gasteiger partial charge in [-0.1, -0.05) is 79.9 Å². The van der Waals surface area contributed by atoms with Gasteiger partial charge >= 0.3 is 0 Å². The molecule has 0 heterocycles. The van der Waals surface area contributed by atoms with Crippen LogP contribution in [0.1, 0.15) is 126 Å². The fourth-order valence-corrected chi connectivity index (χ4v) is 9.92. The molecule has 0 aromatic rings. The van der Waals surface area contributed by atoms with Gasteiger partial charge in [-0.2, -0.15) is 0 Å². The first kappa shape index (κ1) is 24.9. The summed E-state index contributed by atoms with van der Waals surface area (Å²) in [7, 11) is 0. The number of allylic oxidation sites excluding steroid dienone is 2. The first-order chi connectivity index (χ1) is 15.1. The van der Waals surface area contributed by atoms with Crippen molar-refractivity contribution in [2.75, 3.05) is 0 Å². The smallest absolute Gasteiger partial charge is 0.00851 e. The molecule has 0 radical (unpaired) electrons. The van der Waals surface area contributed by atoms with Crippen molar-refractivity contribution in [3.8, 4) is 0 Å². The maximum atomic E-state index is 2.78. The monoisotopic (exact) mass is 440 g/mol. The maximum absolute atomic E-state index is 2.78. The molecule has 0 bridgehead atoms. The second kappa shape index (κ2) is 9.41. The third-order valence-corrected chi connectivity index (χ3v) is 12.3. The lowest BCUT2D eigenvalue weighted by Gasteiger charge is -2.59. The van der Waals surface area contributed by atoms with Crippen molar-refractivity contribution in [2.45, 2.75) is 126 Å². The van der Waals surface area contributed by atoms with Gasteiger partial charge in [-0.3, -0.25) is 0 Å². The van der Waals surface area contributed by atoms with Gasteiger partial charge in [-0.25, -0.2) is 0 Å². The average Bonchev–Trinajstić information content (AvgIpc) is 3.10. The van der Waals surface area contributed by atoms with E-state index in [9.17, 15) is 0 Å². The molecule has 0 amide bonds. The van der Waals surface area contributed by atoms with E-state index in [4.69, 9.17) is 0 Å². The van der Waals surface area contributed by atoms with E-state index < -0.39 is 0 Å². The van der Waals surface area contributed by atoms with Crippen LogP contribution in [0.25, 0.3) is 0 Å². The Kier molecular flexibility index (Phi) is 7.31. The van der Waals surface area contributed by atoms with E-state index in [2.05, 4.69) is 61.5 Å². The Morgan fingerprint density at radius 1 is 0.906 bits per heavy atom. The van der Waals surface area contributed by atoms with Crippen molar-refractivity contribution in [3.63, 3.8) is 0 Å². The first-order valence-electron chi connectivity index (χ1n) is 14.8. The van der Waals surface area contributed by atoms with Crippen LogP contribution in [-0.4, -0.2) is 0 Å². The Labute approximate surface area is 201 Å². The van der Waals surface area contributed by atoms with E-state index in [1.54, 1.807) is 0 Å². The zero-order valence-electron chi connectivity index (χ0n) is 23.1. The van der Waals surface area contributed by atoms with Crippen LogP contribution in [0, 0.1) is 64.1 Å². The summed E-state index contributed by atoms with van der Waals surface area (Å²) in [6.45, 7) is 20.3. The molecule has 3 fully saturated rings. The number of hydrogen-bond donors (Lipinski definition) is 0. The fourth-order valence-electron chi connectivity index (χ4n) is 9.92. The summed E-state index contributed by atoms with van der Waals surface area (Å²) in [6, 6.07) is 0. The zero-order chi connectivity index (χ0) is 23.3. The van der Waals surface area contributed by atoms with Gasteiger partial charge in [-0.15, -0.1) is 0 Å². The van der Waals surface area contributed by atoms with Crippen LogP contribution in [0.3, 0.4) is 0 Å². The predicted octanol–water partition coefficient (Wildman–Crippen LogP) is 9.94. The van der Waals surface area contributed by atoms with E-state index in [1.807, 2.05) is 5.57 Å². The number of fused-ring (bicyclic) bond motifs is 5. The van der Waals surface area contributed by atoms with Crippen LogP contribution in [0.4, 0.5) is 0 Å². The van der Waals surface area contributed by atoms with E-state index >= 15 is 0 Å². The highest BCUT2D eigenvalue weighted by Crippen LogP contribution is 2.67. The van der Waals surface area contributed by atoms with Crippen LogP contribution in [0.5, 0.6) is 0 Å². The van der Waals surface area contributed by atoms with E-state index in [1.165, 1.54) is 70.6 Å². The highest BCUT2D eigenvalue weighted by atomic mass is 14.6. The molecule has 0 heteroatoms. The van der Waals surface area contributed by atoms with Crippen molar-refractivity contribution in [1.29, 1.82) is 0 Å². The van der Waals surface area contributed by atoms with E-state index in [-0.39, 0.29) is 0 Å². The Morgan fingerprint density at radius 2 is 1.66 bits per heavy atom. The fraction of sp³-hybridized carbons (Fsp3) is 0.938. The third-order valence-electron chi connectivity index (χ3n) is 12.3.